The molecule has 0 aliphatic carbocycles. The van der Waals surface area contributed by atoms with Gasteiger partial charge in [-0.3, -0.25) is 4.79 Å². The zero-order valence-corrected chi connectivity index (χ0v) is 11.4. The van der Waals surface area contributed by atoms with E-state index in [4.69, 9.17) is 10.5 Å². The van der Waals surface area contributed by atoms with E-state index in [0.29, 0.717) is 18.0 Å². The first-order valence-electron chi connectivity index (χ1n) is 6.27. The minimum absolute atomic E-state index is 0.0521. The fraction of sp³-hybridized carbons (Fsp3) is 0.667. The van der Waals surface area contributed by atoms with Crippen LogP contribution in [0.5, 0.6) is 0 Å². The lowest BCUT2D eigenvalue weighted by Gasteiger charge is -2.09. The first-order chi connectivity index (χ1) is 8.70. The number of nitrogens with two attached hydrogens (primary N) is 1. The Bertz CT molecular complexity index is 413. The Morgan fingerprint density at radius 1 is 1.67 bits per heavy atom. The molecule has 1 saturated heterocycles. The SMILES string of the molecule is Cc1nc(CCN)sc1C(=O)NCC1CCCO1. The molecule has 2 rings (SSSR count). The number of amides is 1. The van der Waals surface area contributed by atoms with Gasteiger partial charge in [0.05, 0.1) is 16.8 Å². The molecular weight excluding hydrogens is 250 g/mol. The maximum atomic E-state index is 12.0. The van der Waals surface area contributed by atoms with Gasteiger partial charge in [-0.25, -0.2) is 4.98 Å². The number of rotatable bonds is 5. The molecule has 0 spiro atoms. The van der Waals surface area contributed by atoms with Gasteiger partial charge in [-0.15, -0.1) is 11.3 Å². The summed E-state index contributed by atoms with van der Waals surface area (Å²) in [5, 5.41) is 3.84. The Kier molecular flexibility index (Phi) is 4.68. The predicted molar refractivity (Wildman–Crippen MR) is 70.9 cm³/mol. The van der Waals surface area contributed by atoms with Gasteiger partial charge in [0.15, 0.2) is 0 Å². The van der Waals surface area contributed by atoms with Gasteiger partial charge in [0.2, 0.25) is 0 Å². The third-order valence-corrected chi connectivity index (χ3v) is 4.14. The Morgan fingerprint density at radius 3 is 3.17 bits per heavy atom. The minimum Gasteiger partial charge on any atom is -0.376 e. The number of aryl methyl sites for hydroxylation is 1. The number of carbonyl (C=O) groups is 1. The van der Waals surface area contributed by atoms with Crippen LogP contribution >= 0.6 is 11.3 Å². The highest BCUT2D eigenvalue weighted by Crippen LogP contribution is 2.18. The summed E-state index contributed by atoms with van der Waals surface area (Å²) in [5.41, 5.74) is 6.27. The number of ether oxygens (including phenoxy) is 1. The lowest BCUT2D eigenvalue weighted by Crippen LogP contribution is -2.31. The molecule has 1 aromatic heterocycles. The molecule has 1 atom stereocenters. The van der Waals surface area contributed by atoms with Crippen LogP contribution in [0.15, 0.2) is 0 Å². The lowest BCUT2D eigenvalue weighted by atomic mass is 10.2. The standard InChI is InChI=1S/C12H19N3O2S/c1-8-11(18-10(15-8)4-5-13)12(16)14-7-9-3-2-6-17-9/h9H,2-7,13H2,1H3,(H,14,16). The Morgan fingerprint density at radius 2 is 2.50 bits per heavy atom. The second-order valence-corrected chi connectivity index (χ2v) is 5.49. The molecule has 6 heteroatoms. The molecule has 0 bridgehead atoms. The van der Waals surface area contributed by atoms with E-state index >= 15 is 0 Å². The van der Waals surface area contributed by atoms with Crippen molar-refractivity contribution in [3.8, 4) is 0 Å². The van der Waals surface area contributed by atoms with Gasteiger partial charge >= 0.3 is 0 Å². The summed E-state index contributed by atoms with van der Waals surface area (Å²) >= 11 is 1.43. The molecule has 3 N–H and O–H groups in total. The fourth-order valence-corrected chi connectivity index (χ4v) is 2.98. The molecule has 100 valence electrons. The smallest absolute Gasteiger partial charge is 0.263 e. The van der Waals surface area contributed by atoms with E-state index < -0.39 is 0 Å². The molecule has 1 amide bonds. The Labute approximate surface area is 111 Å². The van der Waals surface area contributed by atoms with Crippen LogP contribution in [-0.2, 0) is 11.2 Å². The van der Waals surface area contributed by atoms with Crippen LogP contribution in [0.2, 0.25) is 0 Å². The average Bonchev–Trinajstić information content (AvgIpc) is 2.96. The Balaban J connectivity index is 1.91. The van der Waals surface area contributed by atoms with Gasteiger partial charge in [0, 0.05) is 19.6 Å². The van der Waals surface area contributed by atoms with Gasteiger partial charge in [0.1, 0.15) is 4.88 Å². The van der Waals surface area contributed by atoms with Crippen LogP contribution in [-0.4, -0.2) is 36.7 Å². The monoisotopic (exact) mass is 269 g/mol. The molecular formula is C12H19N3O2S. The normalized spacial score (nSPS) is 19.1. The van der Waals surface area contributed by atoms with Crippen molar-refractivity contribution in [1.29, 1.82) is 0 Å². The summed E-state index contributed by atoms with van der Waals surface area (Å²) in [5.74, 6) is -0.0521. The summed E-state index contributed by atoms with van der Waals surface area (Å²) in [4.78, 5) is 17.1. The topological polar surface area (TPSA) is 77.2 Å². The summed E-state index contributed by atoms with van der Waals surface area (Å²) in [6, 6.07) is 0. The number of thiazole rings is 1. The Hall–Kier alpha value is -0.980. The number of aromatic nitrogens is 1. The van der Waals surface area contributed by atoms with Crippen molar-refractivity contribution in [3.63, 3.8) is 0 Å². The van der Waals surface area contributed by atoms with E-state index in [1.54, 1.807) is 0 Å². The number of carbonyl (C=O) groups excluding carboxylic acids is 1. The van der Waals surface area contributed by atoms with E-state index in [-0.39, 0.29) is 12.0 Å². The molecule has 1 fully saturated rings. The van der Waals surface area contributed by atoms with Gasteiger partial charge in [-0.05, 0) is 26.3 Å². The fourth-order valence-electron chi connectivity index (χ4n) is 1.99. The highest BCUT2D eigenvalue weighted by molar-refractivity contribution is 7.13. The third-order valence-electron chi connectivity index (χ3n) is 2.92. The summed E-state index contributed by atoms with van der Waals surface area (Å²) < 4.78 is 5.47. The van der Waals surface area contributed by atoms with E-state index in [1.807, 2.05) is 6.92 Å². The second-order valence-electron chi connectivity index (χ2n) is 4.41. The van der Waals surface area contributed by atoms with Gasteiger partial charge in [-0.1, -0.05) is 0 Å². The van der Waals surface area contributed by atoms with Crippen LogP contribution in [0.4, 0.5) is 0 Å². The third kappa shape index (κ3) is 3.28. The molecule has 0 aromatic carbocycles. The summed E-state index contributed by atoms with van der Waals surface area (Å²) in [6.07, 6.45) is 3.01. The van der Waals surface area contributed by atoms with Crippen LogP contribution in [0, 0.1) is 6.92 Å². The maximum absolute atomic E-state index is 12.0. The van der Waals surface area contributed by atoms with Crippen molar-refractivity contribution >= 4 is 17.2 Å². The molecule has 2 heterocycles. The summed E-state index contributed by atoms with van der Waals surface area (Å²) in [7, 11) is 0. The van der Waals surface area contributed by atoms with Crippen molar-refractivity contribution in [2.45, 2.75) is 32.3 Å². The van der Waals surface area contributed by atoms with Gasteiger partial charge < -0.3 is 15.8 Å². The molecule has 1 aromatic rings. The molecule has 1 aliphatic heterocycles. The van der Waals surface area contributed by atoms with Crippen molar-refractivity contribution < 1.29 is 9.53 Å². The lowest BCUT2D eigenvalue weighted by molar-refractivity contribution is 0.0860. The molecule has 0 saturated carbocycles. The first-order valence-corrected chi connectivity index (χ1v) is 7.08. The van der Waals surface area contributed by atoms with Crippen LogP contribution in [0.1, 0.15) is 33.2 Å². The molecule has 0 radical (unpaired) electrons. The number of nitrogens with one attached hydrogen (secondary N) is 1. The number of nitrogens with zero attached hydrogens (tertiary/aromatic N) is 1. The first kappa shape index (κ1) is 13.5. The average molecular weight is 269 g/mol. The van der Waals surface area contributed by atoms with E-state index in [9.17, 15) is 4.79 Å². The minimum atomic E-state index is -0.0521. The molecule has 1 unspecified atom stereocenters. The van der Waals surface area contributed by atoms with Gasteiger partial charge in [-0.2, -0.15) is 0 Å². The number of hydrogen-bond donors (Lipinski definition) is 2. The van der Waals surface area contributed by atoms with E-state index in [0.717, 1.165) is 36.6 Å². The van der Waals surface area contributed by atoms with Crippen LogP contribution in [0.3, 0.4) is 0 Å². The predicted octanol–water partition coefficient (Wildman–Crippen LogP) is 0.862. The van der Waals surface area contributed by atoms with Gasteiger partial charge in [0.25, 0.3) is 5.91 Å². The molecule has 5 nitrogen and oxygen atoms in total. The van der Waals surface area contributed by atoms with Crippen molar-refractivity contribution in [2.24, 2.45) is 5.73 Å². The zero-order chi connectivity index (χ0) is 13.0. The van der Waals surface area contributed by atoms with Crippen LogP contribution in [0.25, 0.3) is 0 Å². The van der Waals surface area contributed by atoms with E-state index in [2.05, 4.69) is 10.3 Å². The van der Waals surface area contributed by atoms with Crippen molar-refractivity contribution in [2.75, 3.05) is 19.7 Å². The van der Waals surface area contributed by atoms with E-state index in [1.165, 1.54) is 11.3 Å². The molecule has 18 heavy (non-hydrogen) atoms. The maximum Gasteiger partial charge on any atom is 0.263 e. The zero-order valence-electron chi connectivity index (χ0n) is 10.6. The largest absolute Gasteiger partial charge is 0.376 e. The van der Waals surface area contributed by atoms with Crippen molar-refractivity contribution in [3.05, 3.63) is 15.6 Å². The molecule has 1 aliphatic rings. The van der Waals surface area contributed by atoms with Crippen LogP contribution < -0.4 is 11.1 Å². The highest BCUT2D eigenvalue weighted by atomic mass is 32.1. The second kappa shape index (κ2) is 6.26. The highest BCUT2D eigenvalue weighted by Gasteiger charge is 2.19. The summed E-state index contributed by atoms with van der Waals surface area (Å²) in [6.45, 7) is 3.81. The van der Waals surface area contributed by atoms with Crippen molar-refractivity contribution in [1.82, 2.24) is 10.3 Å². The number of hydrogen-bond acceptors (Lipinski definition) is 5. The quantitative estimate of drug-likeness (QED) is 0.831.